The van der Waals surface area contributed by atoms with Gasteiger partial charge in [-0.15, -0.1) is 8.78 Å². The molecule has 10 nitrogen and oxygen atoms in total. The van der Waals surface area contributed by atoms with Gasteiger partial charge in [-0.3, -0.25) is 9.69 Å². The Labute approximate surface area is 242 Å². The number of nitrogens with one attached hydrogen (secondary N) is 1. The molecule has 0 spiro atoms. The van der Waals surface area contributed by atoms with Crippen LogP contribution >= 0.6 is 0 Å². The first-order valence-corrected chi connectivity index (χ1v) is 14.3. The van der Waals surface area contributed by atoms with Crippen LogP contribution in [0.5, 0.6) is 11.5 Å². The predicted octanol–water partition coefficient (Wildman–Crippen LogP) is 4.96. The molecule has 0 radical (unpaired) electrons. The number of H-pyrrole nitrogens is 1. The lowest BCUT2D eigenvalue weighted by atomic mass is 9.89. The zero-order valence-electron chi connectivity index (χ0n) is 24.0. The first-order chi connectivity index (χ1) is 19.9. The van der Waals surface area contributed by atoms with E-state index in [4.69, 9.17) is 4.74 Å². The molecule has 2 amide bonds. The number of hydrogen-bond donors (Lipinski definition) is 1. The molecule has 2 fully saturated rings. The van der Waals surface area contributed by atoms with Gasteiger partial charge in [-0.25, -0.2) is 9.78 Å². The van der Waals surface area contributed by atoms with Crippen LogP contribution in [0.25, 0.3) is 11.0 Å². The van der Waals surface area contributed by atoms with Gasteiger partial charge in [0.2, 0.25) is 0 Å². The van der Waals surface area contributed by atoms with E-state index < -0.39 is 11.9 Å². The van der Waals surface area contributed by atoms with Gasteiger partial charge < -0.3 is 29.0 Å². The van der Waals surface area contributed by atoms with E-state index in [1.165, 1.54) is 6.07 Å². The molecule has 12 heteroatoms. The highest BCUT2D eigenvalue weighted by Gasteiger charge is 2.43. The maximum absolute atomic E-state index is 13.3. The lowest BCUT2D eigenvalue weighted by molar-refractivity contribution is -0.286. The van der Waals surface area contributed by atoms with Gasteiger partial charge in [-0.1, -0.05) is 12.1 Å². The number of carbonyl (C=O) groups is 2. The molecule has 224 valence electrons. The lowest BCUT2D eigenvalue weighted by Crippen LogP contribution is -2.48. The summed E-state index contributed by atoms with van der Waals surface area (Å²) in [7, 11) is 0. The van der Waals surface area contributed by atoms with Crippen LogP contribution < -0.4 is 9.47 Å². The Kier molecular flexibility index (Phi) is 7.20. The number of piperidine rings is 1. The molecule has 42 heavy (non-hydrogen) atoms. The van der Waals surface area contributed by atoms with Gasteiger partial charge in [-0.2, -0.15) is 0 Å². The Hall–Kier alpha value is -3.93. The molecule has 0 bridgehead atoms. The number of imidazole rings is 1. The van der Waals surface area contributed by atoms with Crippen molar-refractivity contribution in [3.8, 4) is 11.5 Å². The second kappa shape index (κ2) is 10.7. The minimum Gasteiger partial charge on any atom is -0.444 e. The Bertz CT molecular complexity index is 1490. The number of piperazine rings is 1. The van der Waals surface area contributed by atoms with E-state index in [0.29, 0.717) is 57.6 Å². The number of aromatic amines is 1. The summed E-state index contributed by atoms with van der Waals surface area (Å²) in [5.74, 6) is 0.534. The number of halogens is 2. The number of likely N-dealkylation sites (tertiary alicyclic amines) is 1. The zero-order chi connectivity index (χ0) is 29.6. The third kappa shape index (κ3) is 6.13. The van der Waals surface area contributed by atoms with E-state index in [9.17, 15) is 18.4 Å². The van der Waals surface area contributed by atoms with E-state index in [1.807, 2.05) is 26.8 Å². The molecule has 0 aliphatic carbocycles. The summed E-state index contributed by atoms with van der Waals surface area (Å²) in [6.07, 6.45) is -2.22. The first kappa shape index (κ1) is 28.2. The van der Waals surface area contributed by atoms with Gasteiger partial charge in [0.05, 0.1) is 11.0 Å². The van der Waals surface area contributed by atoms with Crippen LogP contribution in [-0.4, -0.2) is 87.8 Å². The summed E-state index contributed by atoms with van der Waals surface area (Å²) >= 11 is 0. The molecule has 2 saturated heterocycles. The summed E-state index contributed by atoms with van der Waals surface area (Å²) in [6.45, 7) is 9.78. The van der Waals surface area contributed by atoms with Crippen molar-refractivity contribution in [2.24, 2.45) is 0 Å². The normalized spacial score (nSPS) is 19.4. The largest absolute Gasteiger partial charge is 0.586 e. The van der Waals surface area contributed by atoms with E-state index in [2.05, 4.69) is 36.5 Å². The fourth-order valence-corrected chi connectivity index (χ4v) is 5.71. The van der Waals surface area contributed by atoms with E-state index in [-0.39, 0.29) is 23.5 Å². The number of rotatable bonds is 4. The number of amides is 2. The lowest BCUT2D eigenvalue weighted by Gasteiger charge is -2.34. The number of carbonyl (C=O) groups excluding carboxylic acids is 2. The van der Waals surface area contributed by atoms with Crippen LogP contribution in [0.4, 0.5) is 13.6 Å². The summed E-state index contributed by atoms with van der Waals surface area (Å²) in [4.78, 5) is 39.2. The van der Waals surface area contributed by atoms with Crippen LogP contribution in [0.15, 0.2) is 36.4 Å². The average Bonchev–Trinajstić information content (AvgIpc) is 3.50. The van der Waals surface area contributed by atoms with Crippen LogP contribution in [0.1, 0.15) is 61.3 Å². The summed E-state index contributed by atoms with van der Waals surface area (Å²) in [6, 6.07) is 10.9. The molecular formula is C30H35F2N5O5. The number of benzene rings is 2. The molecule has 2 aromatic carbocycles. The van der Waals surface area contributed by atoms with Crippen molar-refractivity contribution < 1.29 is 32.6 Å². The number of alkyl halides is 2. The topological polar surface area (TPSA) is 100 Å². The molecule has 1 N–H and O–H groups in total. The Balaban J connectivity index is 1.03. The third-order valence-corrected chi connectivity index (χ3v) is 7.86. The first-order valence-electron chi connectivity index (χ1n) is 14.3. The highest BCUT2D eigenvalue weighted by Crippen LogP contribution is 2.41. The Morgan fingerprint density at radius 1 is 0.976 bits per heavy atom. The molecule has 0 atom stereocenters. The van der Waals surface area contributed by atoms with Gasteiger partial charge in [0.15, 0.2) is 17.3 Å². The summed E-state index contributed by atoms with van der Waals surface area (Å²) in [5.41, 5.74) is 3.03. The van der Waals surface area contributed by atoms with E-state index in [0.717, 1.165) is 35.0 Å². The predicted molar refractivity (Wildman–Crippen MR) is 150 cm³/mol. The standard InChI is InChI=1S/C30H35F2N5O5/c1-29(2,3)42-28(39)37-10-8-20(9-11-37)21-5-6-22-23(17-21)34-26(33-22)27(38)36-14-12-35(13-15-36)18-19-4-7-24-25(16-19)41-30(31,32)40-24/h4-7,16-17,20H,8-15,18H2,1-3H3,(H,33,34). The Morgan fingerprint density at radius 2 is 1.69 bits per heavy atom. The third-order valence-electron chi connectivity index (χ3n) is 7.86. The van der Waals surface area contributed by atoms with Crippen LogP contribution in [0, 0.1) is 0 Å². The van der Waals surface area contributed by atoms with Crippen LogP contribution in [0.2, 0.25) is 0 Å². The van der Waals surface area contributed by atoms with Gasteiger partial charge in [-0.05, 0) is 74.9 Å². The number of aromatic nitrogens is 2. The number of fused-ring (bicyclic) bond motifs is 2. The molecule has 0 saturated carbocycles. The zero-order valence-corrected chi connectivity index (χ0v) is 24.0. The van der Waals surface area contributed by atoms with Crippen molar-refractivity contribution in [3.63, 3.8) is 0 Å². The molecule has 4 heterocycles. The monoisotopic (exact) mass is 583 g/mol. The second-order valence-electron chi connectivity index (χ2n) is 12.1. The molecule has 1 aromatic heterocycles. The van der Waals surface area contributed by atoms with E-state index in [1.54, 1.807) is 21.9 Å². The second-order valence-corrected chi connectivity index (χ2v) is 12.1. The number of nitrogens with zero attached hydrogens (tertiary/aromatic N) is 4. The van der Waals surface area contributed by atoms with Gasteiger partial charge in [0.1, 0.15) is 5.60 Å². The molecule has 3 aliphatic rings. The van der Waals surface area contributed by atoms with E-state index >= 15 is 0 Å². The molecule has 0 unspecified atom stereocenters. The maximum atomic E-state index is 13.3. The smallest absolute Gasteiger partial charge is 0.444 e. The fourth-order valence-electron chi connectivity index (χ4n) is 5.71. The van der Waals surface area contributed by atoms with Crippen LogP contribution in [0.3, 0.4) is 0 Å². The van der Waals surface area contributed by atoms with Crippen molar-refractivity contribution in [2.45, 2.75) is 58.0 Å². The molecule has 3 aliphatic heterocycles. The van der Waals surface area contributed by atoms with Gasteiger partial charge in [0.25, 0.3) is 5.91 Å². The quantitative estimate of drug-likeness (QED) is 0.464. The van der Waals surface area contributed by atoms with Crippen molar-refractivity contribution >= 4 is 23.0 Å². The summed E-state index contributed by atoms with van der Waals surface area (Å²) in [5, 5.41) is 0. The number of ether oxygens (including phenoxy) is 3. The fraction of sp³-hybridized carbons (Fsp3) is 0.500. The van der Waals surface area contributed by atoms with Gasteiger partial charge >= 0.3 is 12.4 Å². The minimum atomic E-state index is -3.63. The molecular weight excluding hydrogens is 548 g/mol. The van der Waals surface area contributed by atoms with Crippen LogP contribution in [-0.2, 0) is 11.3 Å². The van der Waals surface area contributed by atoms with Gasteiger partial charge in [0, 0.05) is 45.8 Å². The average molecular weight is 584 g/mol. The van der Waals surface area contributed by atoms with Crippen molar-refractivity contribution in [2.75, 3.05) is 39.3 Å². The summed E-state index contributed by atoms with van der Waals surface area (Å²) < 4.78 is 41.2. The van der Waals surface area contributed by atoms with Crippen molar-refractivity contribution in [3.05, 3.63) is 53.3 Å². The van der Waals surface area contributed by atoms with Crippen molar-refractivity contribution in [1.29, 1.82) is 0 Å². The highest BCUT2D eigenvalue weighted by molar-refractivity contribution is 5.94. The molecule has 3 aromatic rings. The maximum Gasteiger partial charge on any atom is 0.586 e. The molecule has 6 rings (SSSR count). The SMILES string of the molecule is CC(C)(C)OC(=O)N1CCC(c2ccc3nc(C(=O)N4CCN(Cc5ccc6c(c5)OC(F)(F)O6)CC4)[nH]c3c2)CC1. The van der Waals surface area contributed by atoms with Crippen molar-refractivity contribution in [1.82, 2.24) is 24.7 Å². The number of hydrogen-bond acceptors (Lipinski definition) is 7. The minimum absolute atomic E-state index is 0.0284. The highest BCUT2D eigenvalue weighted by atomic mass is 19.3. The Morgan fingerprint density at radius 3 is 2.40 bits per heavy atom.